The molecule has 0 radical (unpaired) electrons. The molecule has 2 N–H and O–H groups in total. The molecule has 23 heavy (non-hydrogen) atoms. The molecule has 2 rings (SSSR count). The van der Waals surface area contributed by atoms with E-state index in [1.807, 2.05) is 32.0 Å². The fourth-order valence-corrected chi connectivity index (χ4v) is 3.00. The Labute approximate surface area is 138 Å². The molecule has 1 fully saturated rings. The normalized spacial score (nSPS) is 17.3. The molecule has 0 aliphatic carbocycles. The number of rotatable bonds is 5. The maximum atomic E-state index is 11.9. The molecule has 0 unspecified atom stereocenters. The van der Waals surface area contributed by atoms with Gasteiger partial charge in [0.15, 0.2) is 0 Å². The van der Waals surface area contributed by atoms with E-state index >= 15 is 0 Å². The van der Waals surface area contributed by atoms with Gasteiger partial charge in [-0.25, -0.2) is 4.79 Å². The summed E-state index contributed by atoms with van der Waals surface area (Å²) in [5.74, 6) is 0.338. The summed E-state index contributed by atoms with van der Waals surface area (Å²) in [6, 6.07) is 7.96. The molecule has 0 bridgehead atoms. The Hall–Kier alpha value is -1.75. The third kappa shape index (κ3) is 4.86. The zero-order chi connectivity index (χ0) is 16.8. The van der Waals surface area contributed by atoms with Crippen molar-refractivity contribution in [3.05, 3.63) is 29.8 Å². The summed E-state index contributed by atoms with van der Waals surface area (Å²) in [5.41, 5.74) is 0.941. The number of ether oxygens (including phenoxy) is 1. The van der Waals surface area contributed by atoms with Crippen molar-refractivity contribution in [3.63, 3.8) is 0 Å². The van der Waals surface area contributed by atoms with E-state index in [1.165, 1.54) is 0 Å². The van der Waals surface area contributed by atoms with E-state index in [-0.39, 0.29) is 18.2 Å². The number of aromatic hydroxyl groups is 1. The van der Waals surface area contributed by atoms with E-state index < -0.39 is 0 Å². The first-order valence-electron chi connectivity index (χ1n) is 8.50. The lowest BCUT2D eigenvalue weighted by molar-refractivity contribution is 0.0672. The standard InChI is InChI=1S/C18H28N2O3/c1-4-16(15-7-5-6-8-17(15)21)19-14-9-11-20(12-10-14)18(22)23-13(2)3/h5-8,13-14,16,19,21H,4,9-12H2,1-3H3/t16-/m1/s1. The summed E-state index contributed by atoms with van der Waals surface area (Å²) < 4.78 is 5.25. The van der Waals surface area contributed by atoms with E-state index in [2.05, 4.69) is 12.2 Å². The van der Waals surface area contributed by atoms with E-state index in [9.17, 15) is 9.90 Å². The van der Waals surface area contributed by atoms with Gasteiger partial charge in [-0.15, -0.1) is 0 Å². The van der Waals surface area contributed by atoms with Gasteiger partial charge in [0.1, 0.15) is 5.75 Å². The van der Waals surface area contributed by atoms with Crippen LogP contribution in [0.4, 0.5) is 4.79 Å². The Morgan fingerprint density at radius 1 is 1.35 bits per heavy atom. The van der Waals surface area contributed by atoms with Crippen molar-refractivity contribution >= 4 is 6.09 Å². The maximum Gasteiger partial charge on any atom is 0.410 e. The van der Waals surface area contributed by atoms with Gasteiger partial charge >= 0.3 is 6.09 Å². The number of amides is 1. The number of nitrogens with one attached hydrogen (secondary N) is 1. The number of carbonyl (C=O) groups excluding carboxylic acids is 1. The van der Waals surface area contributed by atoms with E-state index in [1.54, 1.807) is 11.0 Å². The largest absolute Gasteiger partial charge is 0.508 e. The van der Waals surface area contributed by atoms with Crippen LogP contribution in [0.1, 0.15) is 51.6 Å². The van der Waals surface area contributed by atoms with Crippen LogP contribution in [-0.2, 0) is 4.74 Å². The Bertz CT molecular complexity index is 511. The van der Waals surface area contributed by atoms with Crippen molar-refractivity contribution in [2.75, 3.05) is 13.1 Å². The van der Waals surface area contributed by atoms with Gasteiger partial charge < -0.3 is 20.1 Å². The first kappa shape index (κ1) is 17.6. The molecular weight excluding hydrogens is 292 g/mol. The second-order valence-corrected chi connectivity index (χ2v) is 6.38. The molecule has 1 aliphatic rings. The van der Waals surface area contributed by atoms with Crippen LogP contribution in [0.25, 0.3) is 0 Å². The molecule has 1 saturated heterocycles. The Morgan fingerprint density at radius 2 is 2.00 bits per heavy atom. The van der Waals surface area contributed by atoms with Gasteiger partial charge in [-0.1, -0.05) is 25.1 Å². The number of carbonyl (C=O) groups is 1. The lowest BCUT2D eigenvalue weighted by Crippen LogP contribution is -2.46. The number of likely N-dealkylation sites (tertiary alicyclic amines) is 1. The number of nitrogens with zero attached hydrogens (tertiary/aromatic N) is 1. The Kier molecular flexibility index (Phi) is 6.28. The van der Waals surface area contributed by atoms with Gasteiger partial charge in [0.2, 0.25) is 0 Å². The molecule has 1 amide bonds. The molecule has 1 atom stereocenters. The van der Waals surface area contributed by atoms with Gasteiger partial charge in [0.25, 0.3) is 0 Å². The summed E-state index contributed by atoms with van der Waals surface area (Å²) >= 11 is 0. The number of piperidine rings is 1. The van der Waals surface area contributed by atoms with Gasteiger partial charge in [0.05, 0.1) is 6.10 Å². The minimum Gasteiger partial charge on any atom is -0.508 e. The third-order valence-electron chi connectivity index (χ3n) is 4.25. The average molecular weight is 320 g/mol. The van der Waals surface area contributed by atoms with Gasteiger partial charge in [0, 0.05) is 30.7 Å². The Balaban J connectivity index is 1.88. The monoisotopic (exact) mass is 320 g/mol. The zero-order valence-corrected chi connectivity index (χ0v) is 14.3. The minimum absolute atomic E-state index is 0.0797. The molecule has 0 aromatic heterocycles. The van der Waals surface area contributed by atoms with Crippen LogP contribution in [0, 0.1) is 0 Å². The molecular formula is C18H28N2O3. The van der Waals surface area contributed by atoms with Crippen LogP contribution in [0.15, 0.2) is 24.3 Å². The fraction of sp³-hybridized carbons (Fsp3) is 0.611. The molecule has 5 heteroatoms. The van der Waals surface area contributed by atoms with Gasteiger partial charge in [-0.3, -0.25) is 0 Å². The van der Waals surface area contributed by atoms with Gasteiger partial charge in [-0.2, -0.15) is 0 Å². The minimum atomic E-state index is -0.216. The quantitative estimate of drug-likeness (QED) is 0.872. The van der Waals surface area contributed by atoms with Crippen LogP contribution in [0.3, 0.4) is 0 Å². The highest BCUT2D eigenvalue weighted by atomic mass is 16.6. The summed E-state index contributed by atoms with van der Waals surface area (Å²) in [5, 5.41) is 13.7. The first-order chi connectivity index (χ1) is 11.0. The zero-order valence-electron chi connectivity index (χ0n) is 14.3. The third-order valence-corrected chi connectivity index (χ3v) is 4.25. The number of phenols is 1. The van der Waals surface area contributed by atoms with Gasteiger partial charge in [-0.05, 0) is 39.2 Å². The van der Waals surface area contributed by atoms with Crippen LogP contribution < -0.4 is 5.32 Å². The molecule has 128 valence electrons. The summed E-state index contributed by atoms with van der Waals surface area (Å²) in [7, 11) is 0. The van der Waals surface area contributed by atoms with Crippen molar-refractivity contribution in [2.24, 2.45) is 0 Å². The number of hydrogen-bond donors (Lipinski definition) is 2. The molecule has 1 aromatic carbocycles. The van der Waals surface area contributed by atoms with Crippen LogP contribution in [0.5, 0.6) is 5.75 Å². The number of para-hydroxylation sites is 1. The van der Waals surface area contributed by atoms with Crippen molar-refractivity contribution in [2.45, 2.75) is 58.2 Å². The molecule has 1 aromatic rings. The number of benzene rings is 1. The highest BCUT2D eigenvalue weighted by Gasteiger charge is 2.26. The number of phenolic OH excluding ortho intramolecular Hbond substituents is 1. The highest BCUT2D eigenvalue weighted by molar-refractivity contribution is 5.67. The number of hydrogen-bond acceptors (Lipinski definition) is 4. The lowest BCUT2D eigenvalue weighted by atomic mass is 9.99. The molecule has 0 spiro atoms. The highest BCUT2D eigenvalue weighted by Crippen LogP contribution is 2.27. The van der Waals surface area contributed by atoms with Crippen molar-refractivity contribution < 1.29 is 14.6 Å². The summed E-state index contributed by atoms with van der Waals surface area (Å²) in [6.45, 7) is 7.26. The molecule has 1 aliphatic heterocycles. The predicted octanol–water partition coefficient (Wildman–Crippen LogP) is 3.44. The van der Waals surface area contributed by atoms with Crippen LogP contribution in [0.2, 0.25) is 0 Å². The molecule has 0 saturated carbocycles. The second-order valence-electron chi connectivity index (χ2n) is 6.38. The summed E-state index contributed by atoms with van der Waals surface area (Å²) in [4.78, 5) is 13.7. The van der Waals surface area contributed by atoms with E-state index in [4.69, 9.17) is 4.74 Å². The Morgan fingerprint density at radius 3 is 2.57 bits per heavy atom. The van der Waals surface area contributed by atoms with Crippen molar-refractivity contribution in [1.82, 2.24) is 10.2 Å². The van der Waals surface area contributed by atoms with E-state index in [0.29, 0.717) is 24.9 Å². The lowest BCUT2D eigenvalue weighted by Gasteiger charge is -2.34. The smallest absolute Gasteiger partial charge is 0.410 e. The molecule has 5 nitrogen and oxygen atoms in total. The van der Waals surface area contributed by atoms with Crippen LogP contribution in [-0.4, -0.2) is 41.3 Å². The van der Waals surface area contributed by atoms with Crippen molar-refractivity contribution in [3.8, 4) is 5.75 Å². The van der Waals surface area contributed by atoms with E-state index in [0.717, 1.165) is 24.8 Å². The molecule has 1 heterocycles. The predicted molar refractivity (Wildman–Crippen MR) is 90.5 cm³/mol. The topological polar surface area (TPSA) is 61.8 Å². The average Bonchev–Trinajstić information content (AvgIpc) is 2.53. The maximum absolute atomic E-state index is 11.9. The SMILES string of the molecule is CC[C@@H](NC1CCN(C(=O)OC(C)C)CC1)c1ccccc1O. The fourth-order valence-electron chi connectivity index (χ4n) is 3.00. The van der Waals surface area contributed by atoms with Crippen LogP contribution >= 0.6 is 0 Å². The second kappa shape index (κ2) is 8.20. The summed E-state index contributed by atoms with van der Waals surface area (Å²) in [6.07, 6.45) is 2.41. The first-order valence-corrected chi connectivity index (χ1v) is 8.50. The van der Waals surface area contributed by atoms with Crippen molar-refractivity contribution in [1.29, 1.82) is 0 Å².